The minimum Gasteiger partial charge on any atom is -0.377 e. The van der Waals surface area contributed by atoms with Crippen molar-refractivity contribution in [3.8, 4) is 0 Å². The lowest BCUT2D eigenvalue weighted by Crippen LogP contribution is -2.22. The first-order valence-corrected chi connectivity index (χ1v) is 6.18. The summed E-state index contributed by atoms with van der Waals surface area (Å²) >= 11 is 2.41. The first kappa shape index (κ1) is 12.7. The summed E-state index contributed by atoms with van der Waals surface area (Å²) in [6.07, 6.45) is 2.96. The fraction of sp³-hybridized carbons (Fsp3) is 1.00. The molecule has 0 spiro atoms. The average molecular weight is 285 g/mol. The highest BCUT2D eigenvalue weighted by atomic mass is 127. The van der Waals surface area contributed by atoms with Crippen LogP contribution in [0.3, 0.4) is 0 Å². The molecule has 2 nitrogen and oxygen atoms in total. The van der Waals surface area contributed by atoms with Gasteiger partial charge in [0.25, 0.3) is 0 Å². The summed E-state index contributed by atoms with van der Waals surface area (Å²) in [7, 11) is 0. The molecule has 0 aromatic rings. The van der Waals surface area contributed by atoms with Gasteiger partial charge in [-0.25, -0.2) is 0 Å². The summed E-state index contributed by atoms with van der Waals surface area (Å²) in [6.45, 7) is 7.08. The van der Waals surface area contributed by atoms with Crippen LogP contribution in [0.15, 0.2) is 0 Å². The summed E-state index contributed by atoms with van der Waals surface area (Å²) in [5.74, 6) is 0. The van der Waals surface area contributed by atoms with Crippen molar-refractivity contribution >= 4 is 22.6 Å². The summed E-state index contributed by atoms with van der Waals surface area (Å²) in [4.78, 5) is 0. The van der Waals surface area contributed by atoms with Gasteiger partial charge in [-0.3, -0.25) is 0 Å². The van der Waals surface area contributed by atoms with Gasteiger partial charge in [0.2, 0.25) is 0 Å². The van der Waals surface area contributed by atoms with Gasteiger partial charge in [0.05, 0.1) is 12.7 Å². The maximum atomic E-state index is 5.38. The lowest BCUT2D eigenvalue weighted by Gasteiger charge is -2.07. The zero-order chi connectivity index (χ0) is 9.23. The lowest BCUT2D eigenvalue weighted by molar-refractivity contribution is 0.0809. The summed E-state index contributed by atoms with van der Waals surface area (Å²) < 4.78 is 6.65. The normalized spacial score (nSPS) is 11.0. The molecule has 0 aliphatic carbocycles. The molecule has 0 atom stereocenters. The Balaban J connectivity index is 2.82. The van der Waals surface area contributed by atoms with Gasteiger partial charge in [-0.1, -0.05) is 22.6 Å². The Morgan fingerprint density at radius 1 is 1.25 bits per heavy atom. The number of hydrogen-bond acceptors (Lipinski definition) is 2. The van der Waals surface area contributed by atoms with Gasteiger partial charge in [-0.2, -0.15) is 0 Å². The number of alkyl halides is 1. The molecule has 0 unspecified atom stereocenters. The van der Waals surface area contributed by atoms with E-state index in [0.717, 1.165) is 19.7 Å². The second-order valence-corrected chi connectivity index (χ2v) is 4.14. The molecule has 0 aliphatic rings. The maximum absolute atomic E-state index is 5.38. The van der Waals surface area contributed by atoms with Crippen molar-refractivity contribution in [2.45, 2.75) is 32.8 Å². The van der Waals surface area contributed by atoms with E-state index in [9.17, 15) is 0 Å². The zero-order valence-electron chi connectivity index (χ0n) is 8.11. The molecule has 0 aromatic heterocycles. The molecule has 0 bridgehead atoms. The van der Waals surface area contributed by atoms with Gasteiger partial charge in [-0.15, -0.1) is 0 Å². The number of rotatable bonds is 8. The van der Waals surface area contributed by atoms with Crippen LogP contribution >= 0.6 is 22.6 Å². The van der Waals surface area contributed by atoms with Crippen molar-refractivity contribution in [1.29, 1.82) is 0 Å². The van der Waals surface area contributed by atoms with Crippen LogP contribution < -0.4 is 5.32 Å². The Morgan fingerprint density at radius 2 is 2.00 bits per heavy atom. The number of halogens is 1. The minimum absolute atomic E-state index is 0.362. The number of unbranched alkanes of at least 4 members (excludes halogenated alkanes) is 1. The Labute approximate surface area is 89.6 Å². The van der Waals surface area contributed by atoms with Crippen molar-refractivity contribution in [3.05, 3.63) is 0 Å². The number of ether oxygens (including phenoxy) is 1. The van der Waals surface area contributed by atoms with Gasteiger partial charge < -0.3 is 10.1 Å². The zero-order valence-corrected chi connectivity index (χ0v) is 10.3. The minimum atomic E-state index is 0.362. The second kappa shape index (κ2) is 9.74. The Kier molecular flexibility index (Phi) is 10.3. The van der Waals surface area contributed by atoms with Crippen LogP contribution in [-0.4, -0.2) is 30.2 Å². The molecule has 0 aliphatic heterocycles. The van der Waals surface area contributed by atoms with E-state index in [2.05, 4.69) is 41.8 Å². The molecule has 0 radical (unpaired) electrons. The molecule has 0 saturated carbocycles. The molecule has 3 heteroatoms. The SMILES string of the molecule is CC(C)OCCNCCCCI. The monoisotopic (exact) mass is 285 g/mol. The second-order valence-electron chi connectivity index (χ2n) is 3.07. The highest BCUT2D eigenvalue weighted by Crippen LogP contribution is 1.92. The van der Waals surface area contributed by atoms with E-state index >= 15 is 0 Å². The largest absolute Gasteiger partial charge is 0.377 e. The third kappa shape index (κ3) is 10.7. The first-order chi connectivity index (χ1) is 5.77. The Hall–Kier alpha value is 0.650. The van der Waals surface area contributed by atoms with Gasteiger partial charge in [0.1, 0.15) is 0 Å². The molecule has 0 fully saturated rings. The quantitative estimate of drug-likeness (QED) is 0.419. The summed E-state index contributed by atoms with van der Waals surface area (Å²) in [6, 6.07) is 0. The number of hydrogen-bond donors (Lipinski definition) is 1. The van der Waals surface area contributed by atoms with Crippen LogP contribution in [-0.2, 0) is 4.74 Å². The molecule has 12 heavy (non-hydrogen) atoms. The van der Waals surface area contributed by atoms with E-state index < -0.39 is 0 Å². The first-order valence-electron chi connectivity index (χ1n) is 4.65. The Bertz CT molecular complexity index is 88.6. The van der Waals surface area contributed by atoms with Crippen LogP contribution in [0.25, 0.3) is 0 Å². The average Bonchev–Trinajstić information content (AvgIpc) is 2.02. The molecule has 1 N–H and O–H groups in total. The molecule has 0 heterocycles. The fourth-order valence-electron chi connectivity index (χ4n) is 0.836. The van der Waals surface area contributed by atoms with Gasteiger partial charge in [-0.05, 0) is 37.7 Å². The molecule has 0 saturated heterocycles. The van der Waals surface area contributed by atoms with Gasteiger partial charge >= 0.3 is 0 Å². The van der Waals surface area contributed by atoms with Gasteiger partial charge in [0, 0.05) is 6.54 Å². The van der Waals surface area contributed by atoms with Gasteiger partial charge in [0.15, 0.2) is 0 Å². The van der Waals surface area contributed by atoms with Crippen LogP contribution in [0.5, 0.6) is 0 Å². The maximum Gasteiger partial charge on any atom is 0.0594 e. The van der Waals surface area contributed by atoms with Crippen molar-refractivity contribution < 1.29 is 4.74 Å². The molecule has 0 amide bonds. The van der Waals surface area contributed by atoms with E-state index in [1.54, 1.807) is 0 Å². The van der Waals surface area contributed by atoms with Crippen LogP contribution in [0.1, 0.15) is 26.7 Å². The topological polar surface area (TPSA) is 21.3 Å². The Morgan fingerprint density at radius 3 is 2.58 bits per heavy atom. The highest BCUT2D eigenvalue weighted by Gasteiger charge is 1.91. The van der Waals surface area contributed by atoms with Crippen molar-refractivity contribution in [3.63, 3.8) is 0 Å². The van der Waals surface area contributed by atoms with E-state index in [4.69, 9.17) is 4.74 Å². The van der Waals surface area contributed by atoms with Crippen molar-refractivity contribution in [2.75, 3.05) is 24.1 Å². The third-order valence-electron chi connectivity index (χ3n) is 1.47. The number of nitrogens with one attached hydrogen (secondary N) is 1. The molecular formula is C9H20INO. The van der Waals surface area contributed by atoms with Crippen LogP contribution in [0, 0.1) is 0 Å². The standard InChI is InChI=1S/C9H20INO/c1-9(2)12-8-7-11-6-4-3-5-10/h9,11H,3-8H2,1-2H3. The third-order valence-corrected chi connectivity index (χ3v) is 2.23. The van der Waals surface area contributed by atoms with Crippen LogP contribution in [0.4, 0.5) is 0 Å². The fourth-order valence-corrected chi connectivity index (χ4v) is 1.38. The lowest BCUT2D eigenvalue weighted by atomic mass is 10.3. The summed E-state index contributed by atoms with van der Waals surface area (Å²) in [5.41, 5.74) is 0. The van der Waals surface area contributed by atoms with Crippen molar-refractivity contribution in [2.24, 2.45) is 0 Å². The summed E-state index contributed by atoms with van der Waals surface area (Å²) in [5, 5.41) is 3.35. The molecular weight excluding hydrogens is 265 g/mol. The van der Waals surface area contributed by atoms with E-state index in [-0.39, 0.29) is 0 Å². The molecule has 0 rings (SSSR count). The molecule has 74 valence electrons. The van der Waals surface area contributed by atoms with Crippen molar-refractivity contribution in [1.82, 2.24) is 5.32 Å². The van der Waals surface area contributed by atoms with E-state index in [0.29, 0.717) is 6.10 Å². The van der Waals surface area contributed by atoms with Crippen LogP contribution in [0.2, 0.25) is 0 Å². The van der Waals surface area contributed by atoms with E-state index in [1.165, 1.54) is 17.3 Å². The predicted molar refractivity (Wildman–Crippen MR) is 62.1 cm³/mol. The highest BCUT2D eigenvalue weighted by molar-refractivity contribution is 14.1. The smallest absolute Gasteiger partial charge is 0.0594 e. The predicted octanol–water partition coefficient (Wildman–Crippen LogP) is 2.22. The van der Waals surface area contributed by atoms with E-state index in [1.807, 2.05) is 0 Å². The molecule has 0 aromatic carbocycles.